The molecule has 1 N–H and O–H groups in total. The van der Waals surface area contributed by atoms with Gasteiger partial charge in [-0.05, 0) is 42.0 Å². The highest BCUT2D eigenvalue weighted by molar-refractivity contribution is 6.40. The highest BCUT2D eigenvalue weighted by Crippen LogP contribution is 2.35. The Morgan fingerprint density at radius 2 is 1.91 bits per heavy atom. The maximum absolute atomic E-state index is 11.4. The van der Waals surface area contributed by atoms with Crippen molar-refractivity contribution in [1.29, 1.82) is 0 Å². The predicted molar refractivity (Wildman–Crippen MR) is 92.4 cm³/mol. The van der Waals surface area contributed by atoms with E-state index >= 15 is 0 Å². The van der Waals surface area contributed by atoms with Crippen molar-refractivity contribution in [3.05, 3.63) is 44.9 Å². The fourth-order valence-corrected chi connectivity index (χ4v) is 3.78. The number of hydrogen-bond donors (Lipinski definition) is 1. The summed E-state index contributed by atoms with van der Waals surface area (Å²) in [5.41, 5.74) is 0.943. The summed E-state index contributed by atoms with van der Waals surface area (Å²) < 4.78 is 5.28. The normalized spacial score (nSPS) is 21.5. The van der Waals surface area contributed by atoms with Gasteiger partial charge in [-0.1, -0.05) is 40.9 Å². The molecule has 2 aromatic rings. The third kappa shape index (κ3) is 3.74. The van der Waals surface area contributed by atoms with E-state index in [0.717, 1.165) is 16.3 Å². The van der Waals surface area contributed by atoms with Gasteiger partial charge in [-0.25, -0.2) is 0 Å². The van der Waals surface area contributed by atoms with Gasteiger partial charge < -0.3 is 9.84 Å². The number of cyclic esters (lactones) is 1. The Morgan fingerprint density at radius 3 is 2.65 bits per heavy atom. The van der Waals surface area contributed by atoms with Gasteiger partial charge in [0.15, 0.2) is 0 Å². The summed E-state index contributed by atoms with van der Waals surface area (Å²) >= 11 is 18.6. The molecule has 23 heavy (non-hydrogen) atoms. The van der Waals surface area contributed by atoms with Gasteiger partial charge >= 0.3 is 5.97 Å². The van der Waals surface area contributed by atoms with E-state index in [4.69, 9.17) is 39.5 Å². The number of aliphatic hydroxyl groups excluding tert-OH is 1. The number of halogens is 3. The zero-order chi connectivity index (χ0) is 16.6. The van der Waals surface area contributed by atoms with Crippen LogP contribution in [-0.4, -0.2) is 23.3 Å². The van der Waals surface area contributed by atoms with E-state index in [1.165, 1.54) is 0 Å². The molecule has 1 fully saturated rings. The number of aryl methyl sites for hydroxylation is 1. The van der Waals surface area contributed by atoms with Crippen molar-refractivity contribution < 1.29 is 14.6 Å². The van der Waals surface area contributed by atoms with Crippen molar-refractivity contribution in [2.24, 2.45) is 0 Å². The molecule has 122 valence electrons. The summed E-state index contributed by atoms with van der Waals surface area (Å²) in [6.07, 6.45) is 0.832. The van der Waals surface area contributed by atoms with Crippen LogP contribution in [0.2, 0.25) is 15.1 Å². The average Bonchev–Trinajstić information content (AvgIpc) is 2.46. The lowest BCUT2D eigenvalue weighted by molar-refractivity contribution is -0.160. The SMILES string of the molecule is O=C1CC(O)CC(CCc2c(Cl)cc(Cl)c3cc(Cl)ccc23)O1. The molecule has 0 aliphatic carbocycles. The molecule has 2 unspecified atom stereocenters. The first-order chi connectivity index (χ1) is 10.9. The van der Waals surface area contributed by atoms with Gasteiger partial charge in [-0.3, -0.25) is 4.79 Å². The van der Waals surface area contributed by atoms with Gasteiger partial charge in [0.05, 0.1) is 12.5 Å². The molecule has 3 rings (SSSR count). The molecule has 0 amide bonds. The maximum atomic E-state index is 11.4. The molecule has 0 bridgehead atoms. The summed E-state index contributed by atoms with van der Waals surface area (Å²) in [6, 6.07) is 7.21. The first-order valence-corrected chi connectivity index (χ1v) is 8.51. The lowest BCUT2D eigenvalue weighted by Crippen LogP contribution is -2.32. The second-order valence-corrected chi connectivity index (χ2v) is 7.00. The summed E-state index contributed by atoms with van der Waals surface area (Å²) in [4.78, 5) is 11.4. The second kappa shape index (κ2) is 6.86. The Balaban J connectivity index is 1.86. The monoisotopic (exact) mass is 372 g/mol. The van der Waals surface area contributed by atoms with Gasteiger partial charge in [0.2, 0.25) is 0 Å². The molecular weight excluding hydrogens is 359 g/mol. The molecule has 2 atom stereocenters. The minimum atomic E-state index is -0.627. The standard InChI is InChI=1S/C17H15Cl3O3/c18-9-1-3-12-13(15(19)8-16(20)14(12)5-9)4-2-11-6-10(21)7-17(22)23-11/h1,3,5,8,10-11,21H,2,4,6-7H2. The fraction of sp³-hybridized carbons (Fsp3) is 0.353. The molecule has 0 saturated carbocycles. The van der Waals surface area contributed by atoms with Crippen LogP contribution in [0.25, 0.3) is 10.8 Å². The number of rotatable bonds is 3. The van der Waals surface area contributed by atoms with E-state index in [1.807, 2.05) is 12.1 Å². The molecule has 6 heteroatoms. The lowest BCUT2D eigenvalue weighted by Gasteiger charge is -2.26. The molecule has 0 spiro atoms. The van der Waals surface area contributed by atoms with E-state index < -0.39 is 6.10 Å². The van der Waals surface area contributed by atoms with E-state index in [2.05, 4.69) is 0 Å². The Morgan fingerprint density at radius 1 is 1.13 bits per heavy atom. The highest BCUT2D eigenvalue weighted by Gasteiger charge is 2.27. The number of carbonyl (C=O) groups excluding carboxylic acids is 1. The van der Waals surface area contributed by atoms with Crippen molar-refractivity contribution in [3.63, 3.8) is 0 Å². The van der Waals surface area contributed by atoms with Crippen molar-refractivity contribution in [2.45, 2.75) is 37.9 Å². The minimum absolute atomic E-state index is 0.0691. The molecule has 2 aromatic carbocycles. The fourth-order valence-electron chi connectivity index (χ4n) is 2.98. The molecular formula is C17H15Cl3O3. The van der Waals surface area contributed by atoms with Gasteiger partial charge in [0.1, 0.15) is 6.10 Å². The third-order valence-electron chi connectivity index (χ3n) is 4.06. The zero-order valence-electron chi connectivity index (χ0n) is 12.2. The molecule has 0 aromatic heterocycles. The third-order valence-corrected chi connectivity index (χ3v) is 4.94. The topological polar surface area (TPSA) is 46.5 Å². The number of hydrogen-bond acceptors (Lipinski definition) is 3. The maximum Gasteiger partial charge on any atom is 0.308 e. The number of ether oxygens (including phenoxy) is 1. The number of fused-ring (bicyclic) bond motifs is 1. The van der Waals surface area contributed by atoms with E-state index in [9.17, 15) is 9.90 Å². The first-order valence-electron chi connectivity index (χ1n) is 7.37. The Bertz CT molecular complexity index is 760. The van der Waals surface area contributed by atoms with Crippen molar-refractivity contribution >= 4 is 51.5 Å². The van der Waals surface area contributed by atoms with Crippen LogP contribution >= 0.6 is 34.8 Å². The molecule has 1 aliphatic heterocycles. The van der Waals surface area contributed by atoms with Crippen LogP contribution in [0.4, 0.5) is 0 Å². The van der Waals surface area contributed by atoms with Crippen molar-refractivity contribution in [2.75, 3.05) is 0 Å². The summed E-state index contributed by atoms with van der Waals surface area (Å²) in [6.45, 7) is 0. The van der Waals surface area contributed by atoms with Gasteiger partial charge in [-0.15, -0.1) is 0 Å². The van der Waals surface area contributed by atoms with Crippen LogP contribution in [-0.2, 0) is 16.0 Å². The van der Waals surface area contributed by atoms with Crippen LogP contribution in [0.15, 0.2) is 24.3 Å². The summed E-state index contributed by atoms with van der Waals surface area (Å²) in [5, 5.41) is 13.2. The predicted octanol–water partition coefficient (Wildman–Crippen LogP) is 4.80. The second-order valence-electron chi connectivity index (χ2n) is 5.75. The van der Waals surface area contributed by atoms with Crippen LogP contribution in [0, 0.1) is 0 Å². The highest BCUT2D eigenvalue weighted by atomic mass is 35.5. The Hall–Kier alpha value is -1.00. The Labute approximate surface area is 149 Å². The van der Waals surface area contributed by atoms with E-state index in [1.54, 1.807) is 12.1 Å². The smallest absolute Gasteiger partial charge is 0.308 e. The largest absolute Gasteiger partial charge is 0.462 e. The van der Waals surface area contributed by atoms with Crippen LogP contribution in [0.3, 0.4) is 0 Å². The van der Waals surface area contributed by atoms with Crippen LogP contribution in [0.1, 0.15) is 24.8 Å². The Kier molecular flexibility index (Phi) is 5.02. The lowest BCUT2D eigenvalue weighted by atomic mass is 9.96. The first kappa shape index (κ1) is 16.8. The molecule has 3 nitrogen and oxygen atoms in total. The molecule has 1 aliphatic rings. The summed E-state index contributed by atoms with van der Waals surface area (Å²) in [5.74, 6) is -0.354. The quantitative estimate of drug-likeness (QED) is 0.786. The zero-order valence-corrected chi connectivity index (χ0v) is 14.5. The number of carbonyl (C=O) groups is 1. The van der Waals surface area contributed by atoms with Gasteiger partial charge in [0.25, 0.3) is 0 Å². The van der Waals surface area contributed by atoms with E-state index in [0.29, 0.717) is 34.3 Å². The van der Waals surface area contributed by atoms with E-state index in [-0.39, 0.29) is 18.5 Å². The number of esters is 1. The molecule has 1 saturated heterocycles. The number of aliphatic hydroxyl groups is 1. The summed E-state index contributed by atoms with van der Waals surface area (Å²) in [7, 11) is 0. The molecule has 1 heterocycles. The molecule has 0 radical (unpaired) electrons. The van der Waals surface area contributed by atoms with Crippen LogP contribution in [0.5, 0.6) is 0 Å². The van der Waals surface area contributed by atoms with Gasteiger partial charge in [0, 0.05) is 26.9 Å². The van der Waals surface area contributed by atoms with Crippen molar-refractivity contribution in [3.8, 4) is 0 Å². The van der Waals surface area contributed by atoms with Crippen LogP contribution < -0.4 is 0 Å². The number of benzene rings is 2. The minimum Gasteiger partial charge on any atom is -0.462 e. The average molecular weight is 374 g/mol. The van der Waals surface area contributed by atoms with Gasteiger partial charge in [-0.2, -0.15) is 0 Å². The van der Waals surface area contributed by atoms with Crippen molar-refractivity contribution in [1.82, 2.24) is 0 Å².